The zero-order chi connectivity index (χ0) is 46.8. The van der Waals surface area contributed by atoms with Crippen LogP contribution < -0.4 is 20.3 Å². The number of sulfonamides is 1. The van der Waals surface area contributed by atoms with Gasteiger partial charge in [-0.3, -0.25) is 19.8 Å². The van der Waals surface area contributed by atoms with Crippen molar-refractivity contribution in [2.45, 2.75) is 67.7 Å². The lowest BCUT2D eigenvalue weighted by molar-refractivity contribution is -0.384. The van der Waals surface area contributed by atoms with Gasteiger partial charge >= 0.3 is 0 Å². The third kappa shape index (κ3) is 13.4. The molecule has 2 atom stereocenters. The number of benzene rings is 4. The third-order valence-corrected chi connectivity index (χ3v) is 16.6. The van der Waals surface area contributed by atoms with E-state index in [2.05, 4.69) is 54.0 Å². The van der Waals surface area contributed by atoms with Crippen LogP contribution in [0, 0.1) is 15.5 Å². The highest BCUT2D eigenvalue weighted by molar-refractivity contribution is 7.99. The van der Waals surface area contributed by atoms with E-state index in [1.54, 1.807) is 23.9 Å². The van der Waals surface area contributed by atoms with Crippen LogP contribution in [0.5, 0.6) is 0 Å². The zero-order valence-corrected chi connectivity index (χ0v) is 41.0. The normalized spacial score (nSPS) is 20.7. The van der Waals surface area contributed by atoms with Gasteiger partial charge in [0.05, 0.1) is 9.82 Å². The molecule has 4 aliphatic rings. The molecule has 1 amide bonds. The number of thioether (sulfide) groups is 1. The highest BCUT2D eigenvalue weighted by Crippen LogP contribution is 2.44. The van der Waals surface area contributed by atoms with Gasteiger partial charge in [0, 0.05) is 111 Å². The van der Waals surface area contributed by atoms with Gasteiger partial charge in [-0.15, -0.1) is 11.8 Å². The number of likely N-dealkylation sites (tertiary alicyclic amines) is 1. The topological polar surface area (TPSA) is 143 Å². The number of anilines is 2. The summed E-state index contributed by atoms with van der Waals surface area (Å²) < 4.78 is 29.3. The highest BCUT2D eigenvalue weighted by atomic mass is 35.5. The number of nitrogens with zero attached hydrogens (tertiary/aromatic N) is 5. The molecule has 0 saturated carbocycles. The Kier molecular flexibility index (Phi) is 16.6. The minimum Gasteiger partial charge on any atom is -0.376 e. The Morgan fingerprint density at radius 3 is 2.28 bits per heavy atom. The number of carbonyl (C=O) groups excluding carboxylic acids is 1. The fourth-order valence-electron chi connectivity index (χ4n) is 10.1. The number of hydrogen-bond acceptors (Lipinski definition) is 12. The van der Waals surface area contributed by atoms with Crippen molar-refractivity contribution in [2.24, 2.45) is 5.41 Å². The van der Waals surface area contributed by atoms with Gasteiger partial charge in [-0.1, -0.05) is 60.9 Å². The molecule has 0 bridgehead atoms. The Bertz CT molecular complexity index is 2440. The first kappa shape index (κ1) is 49.0. The Morgan fingerprint density at radius 1 is 0.866 bits per heavy atom. The first-order chi connectivity index (χ1) is 32.4. The number of piperazine rings is 2. The molecule has 0 spiro atoms. The molecule has 1 unspecified atom stereocenters. The van der Waals surface area contributed by atoms with Crippen LogP contribution in [-0.2, 0) is 10.0 Å². The molecule has 13 nitrogen and oxygen atoms in total. The van der Waals surface area contributed by atoms with E-state index in [0.29, 0.717) is 5.75 Å². The Balaban J connectivity index is 0.878. The summed E-state index contributed by atoms with van der Waals surface area (Å²) in [6.07, 6.45) is 7.63. The number of amides is 1. The van der Waals surface area contributed by atoms with Crippen molar-refractivity contribution >= 4 is 61.9 Å². The van der Waals surface area contributed by atoms with Crippen LogP contribution in [0.15, 0.2) is 112 Å². The lowest BCUT2D eigenvalue weighted by Gasteiger charge is -2.43. The minimum atomic E-state index is -4.44. The molecule has 3 saturated heterocycles. The second-order valence-corrected chi connectivity index (χ2v) is 22.2. The number of carbonyl (C=O) groups is 1. The van der Waals surface area contributed by atoms with Crippen LogP contribution in [0.2, 0.25) is 5.02 Å². The van der Waals surface area contributed by atoms with Crippen molar-refractivity contribution in [1.82, 2.24) is 24.7 Å². The van der Waals surface area contributed by atoms with Crippen LogP contribution in [0.3, 0.4) is 0 Å². The van der Waals surface area contributed by atoms with Crippen LogP contribution in [0.25, 0.3) is 5.57 Å². The van der Waals surface area contributed by atoms with Crippen LogP contribution in [-0.4, -0.2) is 131 Å². The van der Waals surface area contributed by atoms with E-state index >= 15 is 0 Å². The molecule has 3 fully saturated rings. The van der Waals surface area contributed by atoms with E-state index in [1.807, 2.05) is 54.6 Å². The van der Waals surface area contributed by atoms with Crippen LogP contribution in [0.4, 0.5) is 17.1 Å². The second kappa shape index (κ2) is 22.8. The lowest BCUT2D eigenvalue weighted by atomic mass is 9.71. The van der Waals surface area contributed by atoms with Crippen molar-refractivity contribution in [1.29, 1.82) is 0 Å². The average molecular weight is 970 g/mol. The number of nitro benzene ring substituents is 1. The van der Waals surface area contributed by atoms with Gasteiger partial charge in [-0.05, 0) is 129 Å². The molecule has 0 aromatic heterocycles. The van der Waals surface area contributed by atoms with E-state index in [1.165, 1.54) is 48.1 Å². The quantitative estimate of drug-likeness (QED) is 0.0500. The monoisotopic (exact) mass is 968 g/mol. The molecule has 1 aliphatic carbocycles. The summed E-state index contributed by atoms with van der Waals surface area (Å²) >= 11 is 7.97. The van der Waals surface area contributed by atoms with Crippen LogP contribution in [0.1, 0.15) is 67.8 Å². The summed E-state index contributed by atoms with van der Waals surface area (Å²) in [6.45, 7) is 15.2. The molecule has 8 rings (SSSR count). The van der Waals surface area contributed by atoms with Crippen molar-refractivity contribution in [3.05, 3.63) is 129 Å². The summed E-state index contributed by atoms with van der Waals surface area (Å²) in [5, 5.41) is 20.0. The molecule has 0 radical (unpaired) electrons. The maximum Gasteiger partial charge on any atom is 0.293 e. The molecule has 3 N–H and O–H groups in total. The standard InChI is InChI=1S/C51H65ClN8O5S2/c1-51(38-58-28-23-53-24-29-58)22-20-47(39-10-14-42(52)15-11-39)41(35-51)36-57-30-32-59(33-31-57)44-16-12-40(13-17-44)50(61)55-67(64,65)46-18-19-48(49(34-46)60(62)63)54-43(21-27-56-25-6-3-7-26-56)37-66-45-8-4-2-5-9-45/h2,4-5,8-19,34,43,53-54H,3,6-7,20-33,35-38H2,1H3,(H,55,61)/t43-,51?/m1/s1. The minimum absolute atomic E-state index is 0.114. The fourth-order valence-corrected chi connectivity index (χ4v) is 12.2. The van der Waals surface area contributed by atoms with Gasteiger partial charge < -0.3 is 25.3 Å². The smallest absolute Gasteiger partial charge is 0.293 e. The number of piperidine rings is 1. The number of allylic oxidation sites excluding steroid dienone is 1. The first-order valence-corrected chi connectivity index (χ1v) is 26.7. The number of hydrogen-bond donors (Lipinski definition) is 3. The van der Waals surface area contributed by atoms with Gasteiger partial charge in [0.25, 0.3) is 21.6 Å². The number of rotatable bonds is 18. The molecule has 16 heteroatoms. The molecule has 4 aromatic rings. The maximum absolute atomic E-state index is 13.6. The van der Waals surface area contributed by atoms with Gasteiger partial charge in [0.2, 0.25) is 0 Å². The Hall–Kier alpha value is -4.48. The SMILES string of the molecule is CC1(CN2CCNCC2)CCC(c2ccc(Cl)cc2)=C(CN2CCN(c3ccc(C(=O)NS(=O)(=O)c4ccc(N[C@H](CCN5CCCCC5)CSc5ccccc5)c([N+](=O)[O-])c4)cc3)CC2)C1. The summed E-state index contributed by atoms with van der Waals surface area (Å²) in [4.78, 5) is 35.9. The predicted molar refractivity (Wildman–Crippen MR) is 272 cm³/mol. The van der Waals surface area contributed by atoms with Gasteiger partial charge in [-0.25, -0.2) is 13.1 Å². The summed E-state index contributed by atoms with van der Waals surface area (Å²) in [7, 11) is -4.44. The number of nitrogens with one attached hydrogen (secondary N) is 3. The largest absolute Gasteiger partial charge is 0.376 e. The van der Waals surface area contributed by atoms with E-state index < -0.39 is 20.9 Å². The molecule has 4 aromatic carbocycles. The summed E-state index contributed by atoms with van der Waals surface area (Å²) in [5.74, 6) is -0.138. The average Bonchev–Trinajstić information content (AvgIpc) is 3.34. The molecule has 3 heterocycles. The molecule has 67 heavy (non-hydrogen) atoms. The second-order valence-electron chi connectivity index (χ2n) is 18.9. The van der Waals surface area contributed by atoms with E-state index in [-0.39, 0.29) is 33.3 Å². The van der Waals surface area contributed by atoms with Crippen molar-refractivity contribution in [3.63, 3.8) is 0 Å². The molecule has 3 aliphatic heterocycles. The van der Waals surface area contributed by atoms with E-state index in [4.69, 9.17) is 11.6 Å². The van der Waals surface area contributed by atoms with Gasteiger partial charge in [-0.2, -0.15) is 0 Å². The van der Waals surface area contributed by atoms with Crippen molar-refractivity contribution in [3.8, 4) is 0 Å². The Labute approximate surface area is 405 Å². The Morgan fingerprint density at radius 2 is 1.58 bits per heavy atom. The first-order valence-electron chi connectivity index (χ1n) is 23.9. The van der Waals surface area contributed by atoms with E-state index in [9.17, 15) is 23.3 Å². The fraction of sp³-hybridized carbons (Fsp3) is 0.471. The van der Waals surface area contributed by atoms with Crippen LogP contribution >= 0.6 is 23.4 Å². The molecule has 358 valence electrons. The summed E-state index contributed by atoms with van der Waals surface area (Å²) in [5.41, 5.74) is 5.46. The van der Waals surface area contributed by atoms with Crippen molar-refractivity contribution in [2.75, 3.05) is 101 Å². The number of nitro groups is 1. The highest BCUT2D eigenvalue weighted by Gasteiger charge is 2.35. The van der Waals surface area contributed by atoms with Gasteiger partial charge in [0.1, 0.15) is 5.69 Å². The predicted octanol–water partition coefficient (Wildman–Crippen LogP) is 8.49. The lowest BCUT2D eigenvalue weighted by Crippen LogP contribution is -2.49. The van der Waals surface area contributed by atoms with Gasteiger partial charge in [0.15, 0.2) is 0 Å². The number of halogens is 1. The zero-order valence-electron chi connectivity index (χ0n) is 38.6. The third-order valence-electron chi connectivity index (χ3n) is 13.8. The molecular weight excluding hydrogens is 904 g/mol. The maximum atomic E-state index is 13.6. The summed E-state index contributed by atoms with van der Waals surface area (Å²) in [6, 6.07) is 29.0. The molecular formula is C51H65ClN8O5S2. The van der Waals surface area contributed by atoms with E-state index in [0.717, 1.165) is 132 Å². The van der Waals surface area contributed by atoms with Crippen molar-refractivity contribution < 1.29 is 18.1 Å².